The highest BCUT2D eigenvalue weighted by atomic mass is 35.5. The van der Waals surface area contributed by atoms with E-state index >= 15 is 0 Å². The van der Waals surface area contributed by atoms with Crippen molar-refractivity contribution < 1.29 is 0 Å². The number of halogens is 1. The van der Waals surface area contributed by atoms with Crippen molar-refractivity contribution in [2.75, 3.05) is 6.26 Å². The molecular formula is C18H21ClS. The molecule has 0 aliphatic carbocycles. The topological polar surface area (TPSA) is 0 Å². The van der Waals surface area contributed by atoms with E-state index in [9.17, 15) is 0 Å². The van der Waals surface area contributed by atoms with Crippen molar-refractivity contribution in [3.8, 4) is 0 Å². The average molecular weight is 305 g/mol. The Hall–Kier alpha value is -0.920. The van der Waals surface area contributed by atoms with Gasteiger partial charge in [0.25, 0.3) is 0 Å². The van der Waals surface area contributed by atoms with E-state index in [0.717, 1.165) is 0 Å². The summed E-state index contributed by atoms with van der Waals surface area (Å²) >= 11 is 8.61. The Morgan fingerprint density at radius 3 is 2.05 bits per heavy atom. The maximum absolute atomic E-state index is 6.86. The van der Waals surface area contributed by atoms with Crippen molar-refractivity contribution in [2.24, 2.45) is 0 Å². The van der Waals surface area contributed by atoms with Gasteiger partial charge >= 0.3 is 0 Å². The second-order valence-electron chi connectivity index (χ2n) is 5.28. The van der Waals surface area contributed by atoms with Crippen LogP contribution in [-0.2, 0) is 0 Å². The van der Waals surface area contributed by atoms with E-state index in [1.54, 1.807) is 11.8 Å². The van der Waals surface area contributed by atoms with Crippen molar-refractivity contribution >= 4 is 23.4 Å². The van der Waals surface area contributed by atoms with Crippen molar-refractivity contribution in [1.29, 1.82) is 0 Å². The van der Waals surface area contributed by atoms with Crippen LogP contribution in [0.1, 0.15) is 38.8 Å². The second-order valence-corrected chi connectivity index (χ2v) is 6.56. The molecule has 1 unspecified atom stereocenters. The van der Waals surface area contributed by atoms with Gasteiger partial charge in [-0.15, -0.1) is 23.4 Å². The van der Waals surface area contributed by atoms with Crippen LogP contribution in [0.5, 0.6) is 0 Å². The van der Waals surface area contributed by atoms with E-state index in [0.29, 0.717) is 0 Å². The predicted molar refractivity (Wildman–Crippen MR) is 91.3 cm³/mol. The van der Waals surface area contributed by atoms with E-state index in [1.807, 2.05) is 0 Å². The molecule has 0 aliphatic rings. The third kappa shape index (κ3) is 2.75. The SMILES string of the molecule is CSc1ccccc1C(Cl)c1c(C)c(C)cc(C)c1C. The van der Waals surface area contributed by atoms with E-state index in [4.69, 9.17) is 11.6 Å². The highest BCUT2D eigenvalue weighted by molar-refractivity contribution is 7.98. The Labute approximate surface area is 131 Å². The van der Waals surface area contributed by atoms with Crippen molar-refractivity contribution in [2.45, 2.75) is 38.0 Å². The van der Waals surface area contributed by atoms with Gasteiger partial charge < -0.3 is 0 Å². The molecule has 0 saturated heterocycles. The summed E-state index contributed by atoms with van der Waals surface area (Å²) in [6, 6.07) is 10.7. The summed E-state index contributed by atoms with van der Waals surface area (Å²) in [5.41, 5.74) is 7.72. The molecule has 1 atom stereocenters. The van der Waals surface area contributed by atoms with Crippen LogP contribution in [0.25, 0.3) is 0 Å². The van der Waals surface area contributed by atoms with Crippen LogP contribution < -0.4 is 0 Å². The summed E-state index contributed by atoms with van der Waals surface area (Å²) in [4.78, 5) is 1.26. The third-order valence-corrected chi connectivity index (χ3v) is 5.35. The van der Waals surface area contributed by atoms with E-state index in [-0.39, 0.29) is 5.38 Å². The van der Waals surface area contributed by atoms with Gasteiger partial charge in [0.05, 0.1) is 5.38 Å². The third-order valence-electron chi connectivity index (χ3n) is 4.09. The minimum Gasteiger partial charge on any atom is -0.129 e. The minimum atomic E-state index is -0.0859. The molecule has 106 valence electrons. The fraction of sp³-hybridized carbons (Fsp3) is 0.333. The zero-order valence-electron chi connectivity index (χ0n) is 12.8. The first-order chi connectivity index (χ1) is 9.47. The molecule has 0 bridgehead atoms. The molecule has 2 heteroatoms. The standard InChI is InChI=1S/C18H21ClS/c1-11-10-12(2)14(4)17(13(11)3)18(19)15-8-6-7-9-16(15)20-5/h6-10,18H,1-5H3. The summed E-state index contributed by atoms with van der Waals surface area (Å²) in [6.07, 6.45) is 2.10. The van der Waals surface area contributed by atoms with Crippen LogP contribution in [0, 0.1) is 27.7 Å². The Kier molecular flexibility index (Phi) is 4.82. The molecule has 2 aromatic rings. The van der Waals surface area contributed by atoms with E-state index in [1.165, 1.54) is 38.3 Å². The van der Waals surface area contributed by atoms with Crippen molar-refractivity contribution in [3.63, 3.8) is 0 Å². The van der Waals surface area contributed by atoms with Gasteiger partial charge in [-0.2, -0.15) is 0 Å². The molecule has 0 aliphatic heterocycles. The van der Waals surface area contributed by atoms with Gasteiger partial charge in [-0.3, -0.25) is 0 Å². The van der Waals surface area contributed by atoms with E-state index in [2.05, 4.69) is 64.3 Å². The molecule has 0 nitrogen and oxygen atoms in total. The van der Waals surface area contributed by atoms with Gasteiger partial charge in [0.2, 0.25) is 0 Å². The first-order valence-electron chi connectivity index (χ1n) is 6.81. The smallest absolute Gasteiger partial charge is 0.0851 e. The molecule has 0 spiro atoms. The van der Waals surface area contributed by atoms with Crippen LogP contribution in [0.3, 0.4) is 0 Å². The van der Waals surface area contributed by atoms with Crippen LogP contribution in [0.15, 0.2) is 35.2 Å². The number of hydrogen-bond donors (Lipinski definition) is 0. The minimum absolute atomic E-state index is 0.0859. The van der Waals surface area contributed by atoms with Gasteiger partial charge in [-0.25, -0.2) is 0 Å². The zero-order valence-corrected chi connectivity index (χ0v) is 14.3. The highest BCUT2D eigenvalue weighted by Gasteiger charge is 2.20. The Balaban J connectivity index is 2.62. The number of thioether (sulfide) groups is 1. The molecule has 0 N–H and O–H groups in total. The number of alkyl halides is 1. The molecule has 20 heavy (non-hydrogen) atoms. The monoisotopic (exact) mass is 304 g/mol. The molecule has 0 heterocycles. The van der Waals surface area contributed by atoms with Crippen LogP contribution >= 0.6 is 23.4 Å². The lowest BCUT2D eigenvalue weighted by atomic mass is 9.90. The molecular weight excluding hydrogens is 284 g/mol. The lowest BCUT2D eigenvalue weighted by Crippen LogP contribution is -2.04. The molecule has 0 radical (unpaired) electrons. The number of benzene rings is 2. The molecule has 2 rings (SSSR count). The number of aryl methyl sites for hydroxylation is 2. The quantitative estimate of drug-likeness (QED) is 0.497. The maximum atomic E-state index is 6.86. The van der Waals surface area contributed by atoms with Crippen LogP contribution in [-0.4, -0.2) is 6.26 Å². The zero-order chi connectivity index (χ0) is 14.9. The van der Waals surface area contributed by atoms with Gasteiger partial charge in [0.15, 0.2) is 0 Å². The number of hydrogen-bond acceptors (Lipinski definition) is 1. The first kappa shape index (κ1) is 15.5. The van der Waals surface area contributed by atoms with Crippen molar-refractivity contribution in [3.05, 3.63) is 63.7 Å². The summed E-state index contributed by atoms with van der Waals surface area (Å²) in [7, 11) is 0. The summed E-state index contributed by atoms with van der Waals surface area (Å²) in [5.74, 6) is 0. The lowest BCUT2D eigenvalue weighted by Gasteiger charge is -2.21. The lowest BCUT2D eigenvalue weighted by molar-refractivity contribution is 1.02. The number of rotatable bonds is 3. The summed E-state index contributed by atoms with van der Waals surface area (Å²) in [6.45, 7) is 8.67. The maximum Gasteiger partial charge on any atom is 0.0851 e. The first-order valence-corrected chi connectivity index (χ1v) is 8.47. The summed E-state index contributed by atoms with van der Waals surface area (Å²) in [5, 5.41) is -0.0859. The second kappa shape index (κ2) is 6.24. The Morgan fingerprint density at radius 2 is 1.50 bits per heavy atom. The average Bonchev–Trinajstić information content (AvgIpc) is 2.45. The predicted octanol–water partition coefficient (Wildman–Crippen LogP) is 5.97. The molecule has 0 saturated carbocycles. The van der Waals surface area contributed by atoms with Gasteiger partial charge in [0, 0.05) is 4.90 Å². The van der Waals surface area contributed by atoms with Crippen molar-refractivity contribution in [1.82, 2.24) is 0 Å². The molecule has 2 aromatic carbocycles. The largest absolute Gasteiger partial charge is 0.129 e. The Bertz CT molecular complexity index is 605. The molecule has 0 aromatic heterocycles. The molecule has 0 amide bonds. The Morgan fingerprint density at radius 1 is 0.950 bits per heavy atom. The van der Waals surface area contributed by atoms with Gasteiger partial charge in [-0.05, 0) is 73.4 Å². The molecule has 0 fully saturated rings. The fourth-order valence-corrected chi connectivity index (χ4v) is 3.88. The highest BCUT2D eigenvalue weighted by Crippen LogP contribution is 2.39. The van der Waals surface area contributed by atoms with Gasteiger partial charge in [0.1, 0.15) is 0 Å². The fourth-order valence-electron chi connectivity index (χ4n) is 2.66. The summed E-state index contributed by atoms with van der Waals surface area (Å²) < 4.78 is 0. The normalized spacial score (nSPS) is 12.5. The van der Waals surface area contributed by atoms with Gasteiger partial charge in [-0.1, -0.05) is 24.3 Å². The van der Waals surface area contributed by atoms with Crippen LogP contribution in [0.2, 0.25) is 0 Å². The van der Waals surface area contributed by atoms with E-state index < -0.39 is 0 Å². The van der Waals surface area contributed by atoms with Crippen LogP contribution in [0.4, 0.5) is 0 Å².